The molecule has 0 aliphatic carbocycles. The minimum Gasteiger partial charge on any atom is -0.325 e. The Morgan fingerprint density at radius 1 is 0.970 bits per heavy atom. The third-order valence-electron chi connectivity index (χ3n) is 4.76. The highest BCUT2D eigenvalue weighted by Crippen LogP contribution is 2.30. The minimum atomic E-state index is -4.60. The Labute approximate surface area is 188 Å². The predicted molar refractivity (Wildman–Crippen MR) is 115 cm³/mol. The Bertz CT molecular complexity index is 1240. The number of carbonyl (C=O) groups excluding carboxylic acids is 1. The van der Waals surface area contributed by atoms with E-state index in [0.717, 1.165) is 34.1 Å². The molecule has 174 valence electrons. The molecule has 0 aromatic heterocycles. The number of anilines is 1. The van der Waals surface area contributed by atoms with Crippen LogP contribution in [0.1, 0.15) is 16.7 Å². The van der Waals surface area contributed by atoms with Crippen molar-refractivity contribution in [2.24, 2.45) is 0 Å². The molecule has 0 fully saturated rings. The van der Waals surface area contributed by atoms with Crippen LogP contribution in [-0.4, -0.2) is 25.2 Å². The number of hydrogen-bond acceptors (Lipinski definition) is 3. The summed E-state index contributed by atoms with van der Waals surface area (Å²) < 4.78 is 80.2. The summed E-state index contributed by atoms with van der Waals surface area (Å²) in [6.45, 7) is 0.593. The quantitative estimate of drug-likeness (QED) is 0.485. The molecule has 3 rings (SSSR count). The fourth-order valence-electron chi connectivity index (χ4n) is 3.04. The van der Waals surface area contributed by atoms with Crippen molar-refractivity contribution in [1.29, 1.82) is 0 Å². The molecule has 0 aliphatic heterocycles. The van der Waals surface area contributed by atoms with Crippen LogP contribution in [0.2, 0.25) is 0 Å². The molecule has 3 aromatic rings. The van der Waals surface area contributed by atoms with Crippen LogP contribution in [0.15, 0.2) is 77.7 Å². The molecule has 0 heterocycles. The van der Waals surface area contributed by atoms with Crippen molar-refractivity contribution in [3.63, 3.8) is 0 Å². The fraction of sp³-hybridized carbons (Fsp3) is 0.174. The first-order valence-corrected chi connectivity index (χ1v) is 11.2. The summed E-state index contributed by atoms with van der Waals surface area (Å²) in [6.07, 6.45) is -4.60. The SMILES string of the molecule is Cc1ccc(S(=O)(=O)N(CC(=O)Nc2cccc(C(F)(F)F)c2)Cc2ccccc2F)cc1. The van der Waals surface area contributed by atoms with Crippen LogP contribution in [0.25, 0.3) is 0 Å². The van der Waals surface area contributed by atoms with Crippen LogP contribution in [-0.2, 0) is 27.5 Å². The van der Waals surface area contributed by atoms with Gasteiger partial charge >= 0.3 is 6.18 Å². The van der Waals surface area contributed by atoms with E-state index in [1.54, 1.807) is 19.1 Å². The van der Waals surface area contributed by atoms with E-state index in [4.69, 9.17) is 0 Å². The first-order valence-electron chi connectivity index (χ1n) is 9.74. The van der Waals surface area contributed by atoms with Gasteiger partial charge in [0.1, 0.15) is 5.82 Å². The van der Waals surface area contributed by atoms with E-state index < -0.39 is 46.6 Å². The molecule has 0 spiro atoms. The standard InChI is InChI=1S/C23H20F4N2O3S/c1-16-9-11-20(12-10-16)33(31,32)29(14-17-5-2-3-8-21(17)24)15-22(30)28-19-7-4-6-18(13-19)23(25,26)27/h2-13H,14-15H2,1H3,(H,28,30). The molecule has 1 N–H and O–H groups in total. The Balaban J connectivity index is 1.89. The zero-order valence-corrected chi connectivity index (χ0v) is 18.3. The van der Waals surface area contributed by atoms with Crippen molar-refractivity contribution in [2.75, 3.05) is 11.9 Å². The summed E-state index contributed by atoms with van der Waals surface area (Å²) >= 11 is 0. The molecule has 0 saturated carbocycles. The highest BCUT2D eigenvalue weighted by Gasteiger charge is 2.31. The molecule has 33 heavy (non-hydrogen) atoms. The normalized spacial score (nSPS) is 12.1. The van der Waals surface area contributed by atoms with Crippen LogP contribution in [0.4, 0.5) is 23.2 Å². The van der Waals surface area contributed by atoms with Crippen LogP contribution >= 0.6 is 0 Å². The smallest absolute Gasteiger partial charge is 0.325 e. The lowest BCUT2D eigenvalue weighted by Gasteiger charge is -2.22. The van der Waals surface area contributed by atoms with E-state index in [1.165, 1.54) is 36.4 Å². The summed E-state index contributed by atoms with van der Waals surface area (Å²) in [5.41, 5.74) is -0.249. The van der Waals surface area contributed by atoms with Gasteiger partial charge in [0.2, 0.25) is 15.9 Å². The Hall–Kier alpha value is -3.24. The lowest BCUT2D eigenvalue weighted by atomic mass is 10.2. The van der Waals surface area contributed by atoms with Gasteiger partial charge in [-0.1, -0.05) is 42.0 Å². The maximum Gasteiger partial charge on any atom is 0.416 e. The first-order chi connectivity index (χ1) is 15.5. The molecule has 0 bridgehead atoms. The zero-order chi connectivity index (χ0) is 24.2. The van der Waals surface area contributed by atoms with Gasteiger partial charge in [0.05, 0.1) is 17.0 Å². The number of hydrogen-bond donors (Lipinski definition) is 1. The molecule has 10 heteroatoms. The topological polar surface area (TPSA) is 66.5 Å². The highest BCUT2D eigenvalue weighted by molar-refractivity contribution is 7.89. The number of nitrogens with zero attached hydrogens (tertiary/aromatic N) is 1. The second kappa shape index (κ2) is 9.72. The summed E-state index contributed by atoms with van der Waals surface area (Å²) in [6, 6.07) is 15.4. The minimum absolute atomic E-state index is 0.0417. The van der Waals surface area contributed by atoms with E-state index in [9.17, 15) is 30.8 Å². The van der Waals surface area contributed by atoms with E-state index >= 15 is 0 Å². The van der Waals surface area contributed by atoms with Crippen molar-refractivity contribution >= 4 is 21.6 Å². The van der Waals surface area contributed by atoms with Gasteiger partial charge in [-0.3, -0.25) is 4.79 Å². The van der Waals surface area contributed by atoms with Gasteiger partial charge < -0.3 is 5.32 Å². The molecule has 0 atom stereocenters. The maximum absolute atomic E-state index is 14.2. The van der Waals surface area contributed by atoms with Gasteiger partial charge in [-0.25, -0.2) is 12.8 Å². The summed E-state index contributed by atoms with van der Waals surface area (Å²) in [7, 11) is -4.23. The Morgan fingerprint density at radius 2 is 1.64 bits per heavy atom. The zero-order valence-electron chi connectivity index (χ0n) is 17.4. The van der Waals surface area contributed by atoms with Gasteiger partial charge in [-0.05, 0) is 43.3 Å². The molecule has 3 aromatic carbocycles. The van der Waals surface area contributed by atoms with Crippen molar-refractivity contribution < 1.29 is 30.8 Å². The molecular formula is C23H20F4N2O3S. The molecule has 5 nitrogen and oxygen atoms in total. The maximum atomic E-state index is 14.2. The number of rotatable bonds is 7. The fourth-order valence-corrected chi connectivity index (χ4v) is 4.41. The molecule has 0 unspecified atom stereocenters. The van der Waals surface area contributed by atoms with Gasteiger partial charge in [0.15, 0.2) is 0 Å². The second-order valence-electron chi connectivity index (χ2n) is 7.30. The number of sulfonamides is 1. The van der Waals surface area contributed by atoms with Gasteiger partial charge in [0, 0.05) is 17.8 Å². The largest absolute Gasteiger partial charge is 0.416 e. The third-order valence-corrected chi connectivity index (χ3v) is 6.56. The monoisotopic (exact) mass is 480 g/mol. The van der Waals surface area contributed by atoms with E-state index in [0.29, 0.717) is 0 Å². The van der Waals surface area contributed by atoms with E-state index in [2.05, 4.69) is 5.32 Å². The van der Waals surface area contributed by atoms with Gasteiger partial charge in [0.25, 0.3) is 0 Å². The predicted octanol–water partition coefficient (Wildman–Crippen LogP) is 4.98. The van der Waals surface area contributed by atoms with Gasteiger partial charge in [-0.2, -0.15) is 17.5 Å². The molecule has 1 amide bonds. The number of amides is 1. The van der Waals surface area contributed by atoms with Crippen LogP contribution in [0, 0.1) is 12.7 Å². The third kappa shape index (κ3) is 6.17. The second-order valence-corrected chi connectivity index (χ2v) is 9.24. The first kappa shape index (κ1) is 24.4. The van der Waals surface area contributed by atoms with Crippen LogP contribution in [0.5, 0.6) is 0 Å². The summed E-state index contributed by atoms with van der Waals surface area (Å²) in [5.74, 6) is -1.53. The number of carbonyl (C=O) groups is 1. The van der Waals surface area contributed by atoms with Crippen LogP contribution in [0.3, 0.4) is 0 Å². The molecule has 0 radical (unpaired) electrons. The average Bonchev–Trinajstić information content (AvgIpc) is 2.74. The number of halogens is 4. The van der Waals surface area contributed by atoms with Crippen molar-refractivity contribution in [2.45, 2.75) is 24.5 Å². The average molecular weight is 480 g/mol. The summed E-state index contributed by atoms with van der Waals surface area (Å²) in [4.78, 5) is 12.5. The molecule has 0 aliphatic rings. The molecular weight excluding hydrogens is 460 g/mol. The van der Waals surface area contributed by atoms with Crippen molar-refractivity contribution in [3.8, 4) is 0 Å². The lowest BCUT2D eigenvalue weighted by molar-refractivity contribution is -0.137. The number of benzene rings is 3. The van der Waals surface area contributed by atoms with Crippen molar-refractivity contribution in [1.82, 2.24) is 4.31 Å². The van der Waals surface area contributed by atoms with Crippen molar-refractivity contribution in [3.05, 3.63) is 95.3 Å². The van der Waals surface area contributed by atoms with Crippen LogP contribution < -0.4 is 5.32 Å². The number of nitrogens with one attached hydrogen (secondary N) is 1. The lowest BCUT2D eigenvalue weighted by Crippen LogP contribution is -2.37. The number of alkyl halides is 3. The van der Waals surface area contributed by atoms with E-state index in [-0.39, 0.29) is 16.1 Å². The Morgan fingerprint density at radius 3 is 2.27 bits per heavy atom. The Kier molecular flexibility index (Phi) is 7.19. The van der Waals surface area contributed by atoms with E-state index in [1.807, 2.05) is 0 Å². The molecule has 0 saturated heterocycles. The highest BCUT2D eigenvalue weighted by atomic mass is 32.2. The summed E-state index contributed by atoms with van der Waals surface area (Å²) in [5, 5.41) is 2.28. The number of aryl methyl sites for hydroxylation is 1. The van der Waals surface area contributed by atoms with Gasteiger partial charge in [-0.15, -0.1) is 0 Å².